The van der Waals surface area contributed by atoms with E-state index >= 15 is 0 Å². The van der Waals surface area contributed by atoms with Crippen LogP contribution in [0.5, 0.6) is 0 Å². The number of rotatable bonds is 6. The number of benzene rings is 3. The van der Waals surface area contributed by atoms with E-state index in [0.717, 1.165) is 18.4 Å². The highest BCUT2D eigenvalue weighted by atomic mass is 35.5. The molecule has 1 amide bonds. The second-order valence-corrected chi connectivity index (χ2v) is 9.78. The minimum absolute atomic E-state index is 0.149. The number of carbonyl (C=O) groups excluding carboxylic acids is 1. The number of halogens is 1. The number of hydrogen-bond acceptors (Lipinski definition) is 3. The van der Waals surface area contributed by atoms with Crippen LogP contribution in [0.4, 0.5) is 5.69 Å². The van der Waals surface area contributed by atoms with E-state index in [4.69, 9.17) is 11.6 Å². The Morgan fingerprint density at radius 1 is 0.968 bits per heavy atom. The van der Waals surface area contributed by atoms with Gasteiger partial charge < -0.3 is 5.32 Å². The van der Waals surface area contributed by atoms with Crippen molar-refractivity contribution in [3.63, 3.8) is 0 Å². The molecule has 7 heteroatoms. The van der Waals surface area contributed by atoms with Crippen molar-refractivity contribution in [2.24, 2.45) is 0 Å². The van der Waals surface area contributed by atoms with Gasteiger partial charge >= 0.3 is 0 Å². The third-order valence-corrected chi connectivity index (χ3v) is 7.20. The van der Waals surface area contributed by atoms with E-state index in [2.05, 4.69) is 28.2 Å². The lowest BCUT2D eigenvalue weighted by Crippen LogP contribution is -2.27. The second-order valence-electron chi connectivity index (χ2n) is 7.69. The molecule has 5 nitrogen and oxygen atoms in total. The van der Waals surface area contributed by atoms with Crippen molar-refractivity contribution in [2.45, 2.75) is 37.1 Å². The molecule has 3 aromatic rings. The highest BCUT2D eigenvalue weighted by molar-refractivity contribution is 7.92. The van der Waals surface area contributed by atoms with Gasteiger partial charge in [0.1, 0.15) is 0 Å². The standard InChI is InChI=1S/C24H23ClN2O3S/c1-16(18-11-10-17-6-5-7-19(17)14-18)26-24(28)22-13-12-20(15-23(22)25)27-31(29,30)21-8-3-2-4-9-21/h2-4,8-16,27H,5-7H2,1H3,(H,26,28)/t16-/m1/s1. The number of amides is 1. The van der Waals surface area contributed by atoms with E-state index in [1.807, 2.05) is 6.92 Å². The zero-order valence-electron chi connectivity index (χ0n) is 17.1. The van der Waals surface area contributed by atoms with Crippen LogP contribution >= 0.6 is 11.6 Å². The molecule has 0 heterocycles. The number of nitrogens with one attached hydrogen (secondary N) is 2. The Balaban J connectivity index is 1.47. The van der Waals surface area contributed by atoms with Crippen LogP contribution in [0, 0.1) is 0 Å². The van der Waals surface area contributed by atoms with E-state index in [-0.39, 0.29) is 33.1 Å². The van der Waals surface area contributed by atoms with Crippen molar-refractivity contribution in [1.29, 1.82) is 0 Å². The first-order valence-corrected chi connectivity index (χ1v) is 12.0. The maximum Gasteiger partial charge on any atom is 0.261 e. The van der Waals surface area contributed by atoms with Crippen LogP contribution in [0.2, 0.25) is 5.02 Å². The Bertz CT molecular complexity index is 1230. The normalized spacial score (nSPS) is 14.0. The van der Waals surface area contributed by atoms with Gasteiger partial charge in [-0.05, 0) is 73.2 Å². The first-order valence-electron chi connectivity index (χ1n) is 10.1. The fourth-order valence-electron chi connectivity index (χ4n) is 3.80. The van der Waals surface area contributed by atoms with Gasteiger partial charge in [-0.1, -0.05) is 48.0 Å². The molecule has 0 saturated carbocycles. The zero-order valence-corrected chi connectivity index (χ0v) is 18.6. The number of anilines is 1. The molecule has 1 aliphatic carbocycles. The molecule has 3 aromatic carbocycles. The number of fused-ring (bicyclic) bond motifs is 1. The van der Waals surface area contributed by atoms with Crippen LogP contribution in [0.15, 0.2) is 71.6 Å². The van der Waals surface area contributed by atoms with Crippen molar-refractivity contribution < 1.29 is 13.2 Å². The monoisotopic (exact) mass is 454 g/mol. The Morgan fingerprint density at radius 2 is 1.71 bits per heavy atom. The lowest BCUT2D eigenvalue weighted by Gasteiger charge is -2.17. The Labute approximate surface area is 187 Å². The quantitative estimate of drug-likeness (QED) is 0.542. The van der Waals surface area contributed by atoms with E-state index in [1.54, 1.807) is 18.2 Å². The summed E-state index contributed by atoms with van der Waals surface area (Å²) >= 11 is 6.31. The van der Waals surface area contributed by atoms with Crippen molar-refractivity contribution >= 4 is 33.2 Å². The highest BCUT2D eigenvalue weighted by Crippen LogP contribution is 2.27. The number of hydrogen-bond donors (Lipinski definition) is 2. The van der Waals surface area contributed by atoms with Crippen molar-refractivity contribution in [1.82, 2.24) is 5.32 Å². The summed E-state index contributed by atoms with van der Waals surface area (Å²) in [6, 6.07) is 18.7. The molecule has 160 valence electrons. The fourth-order valence-corrected chi connectivity index (χ4v) is 5.13. The van der Waals surface area contributed by atoms with Crippen molar-refractivity contribution in [3.8, 4) is 0 Å². The van der Waals surface area contributed by atoms with Crippen LogP contribution in [0.1, 0.15) is 46.4 Å². The summed E-state index contributed by atoms with van der Waals surface area (Å²) in [6.07, 6.45) is 3.37. The van der Waals surface area contributed by atoms with Crippen LogP contribution in [-0.2, 0) is 22.9 Å². The summed E-state index contributed by atoms with van der Waals surface area (Å²) in [5.74, 6) is -0.310. The van der Waals surface area contributed by atoms with Gasteiger partial charge in [0.15, 0.2) is 0 Å². The predicted octanol–water partition coefficient (Wildman–Crippen LogP) is 5.12. The fraction of sp³-hybridized carbons (Fsp3) is 0.208. The largest absolute Gasteiger partial charge is 0.345 e. The number of aryl methyl sites for hydroxylation is 2. The van der Waals surface area contributed by atoms with Gasteiger partial charge in [0.2, 0.25) is 0 Å². The molecule has 2 N–H and O–H groups in total. The van der Waals surface area contributed by atoms with E-state index in [1.165, 1.54) is 47.9 Å². The number of sulfonamides is 1. The maximum atomic E-state index is 12.8. The van der Waals surface area contributed by atoms with Gasteiger partial charge in [-0.2, -0.15) is 0 Å². The van der Waals surface area contributed by atoms with Gasteiger partial charge in [-0.15, -0.1) is 0 Å². The van der Waals surface area contributed by atoms with Crippen molar-refractivity contribution in [2.75, 3.05) is 4.72 Å². The average molecular weight is 455 g/mol. The first kappa shape index (κ1) is 21.4. The minimum atomic E-state index is -3.73. The average Bonchev–Trinajstić information content (AvgIpc) is 3.22. The van der Waals surface area contributed by atoms with Gasteiger partial charge in [-0.3, -0.25) is 9.52 Å². The van der Waals surface area contributed by atoms with E-state index < -0.39 is 10.0 Å². The minimum Gasteiger partial charge on any atom is -0.345 e. The molecule has 1 atom stereocenters. The number of carbonyl (C=O) groups is 1. The molecule has 0 saturated heterocycles. The maximum absolute atomic E-state index is 12.8. The summed E-state index contributed by atoms with van der Waals surface area (Å²) in [6.45, 7) is 1.94. The highest BCUT2D eigenvalue weighted by Gasteiger charge is 2.19. The van der Waals surface area contributed by atoms with Gasteiger partial charge in [-0.25, -0.2) is 8.42 Å². The Hall–Kier alpha value is -2.83. The van der Waals surface area contributed by atoms with E-state index in [9.17, 15) is 13.2 Å². The SMILES string of the molecule is C[C@@H](NC(=O)c1ccc(NS(=O)(=O)c2ccccc2)cc1Cl)c1ccc2c(c1)CCC2. The molecule has 0 bridgehead atoms. The zero-order chi connectivity index (χ0) is 22.0. The second kappa shape index (κ2) is 8.73. The summed E-state index contributed by atoms with van der Waals surface area (Å²) in [4.78, 5) is 12.9. The molecule has 0 spiro atoms. The molecular formula is C24H23ClN2O3S. The van der Waals surface area contributed by atoms with Crippen LogP contribution < -0.4 is 10.0 Å². The third-order valence-electron chi connectivity index (χ3n) is 5.49. The molecule has 0 radical (unpaired) electrons. The molecule has 31 heavy (non-hydrogen) atoms. The molecule has 1 aliphatic rings. The Kier molecular flexibility index (Phi) is 6.03. The third kappa shape index (κ3) is 4.75. The van der Waals surface area contributed by atoms with E-state index in [0.29, 0.717) is 0 Å². The smallest absolute Gasteiger partial charge is 0.261 e. The van der Waals surface area contributed by atoms with Gasteiger partial charge in [0, 0.05) is 0 Å². The summed E-state index contributed by atoms with van der Waals surface area (Å²) in [5.41, 5.74) is 4.37. The molecule has 4 rings (SSSR count). The molecular weight excluding hydrogens is 432 g/mol. The molecule has 0 aliphatic heterocycles. The van der Waals surface area contributed by atoms with Crippen LogP contribution in [0.3, 0.4) is 0 Å². The Morgan fingerprint density at radius 3 is 2.45 bits per heavy atom. The first-order chi connectivity index (χ1) is 14.8. The summed E-state index contributed by atoms with van der Waals surface area (Å²) in [5, 5.41) is 3.15. The predicted molar refractivity (Wildman–Crippen MR) is 123 cm³/mol. The topological polar surface area (TPSA) is 75.3 Å². The van der Waals surface area contributed by atoms with Gasteiger partial charge in [0.05, 0.1) is 27.2 Å². The lowest BCUT2D eigenvalue weighted by atomic mass is 10.0. The molecule has 0 fully saturated rings. The van der Waals surface area contributed by atoms with Gasteiger partial charge in [0.25, 0.3) is 15.9 Å². The summed E-state index contributed by atoms with van der Waals surface area (Å²) in [7, 11) is -3.73. The van der Waals surface area contributed by atoms with Crippen LogP contribution in [-0.4, -0.2) is 14.3 Å². The lowest BCUT2D eigenvalue weighted by molar-refractivity contribution is 0.0940. The summed E-state index contributed by atoms with van der Waals surface area (Å²) < 4.78 is 27.5. The van der Waals surface area contributed by atoms with Crippen molar-refractivity contribution in [3.05, 3.63) is 94.0 Å². The molecule has 0 unspecified atom stereocenters. The van der Waals surface area contributed by atoms with Crippen LogP contribution in [0.25, 0.3) is 0 Å². The molecule has 0 aromatic heterocycles.